The van der Waals surface area contributed by atoms with Gasteiger partial charge in [0.1, 0.15) is 11.2 Å². The van der Waals surface area contributed by atoms with Gasteiger partial charge < -0.3 is 5.32 Å². The number of anilines is 2. The summed E-state index contributed by atoms with van der Waals surface area (Å²) in [6.45, 7) is 3.76. The van der Waals surface area contributed by atoms with Crippen LogP contribution in [0.2, 0.25) is 0 Å². The largest absolute Gasteiger partial charge is 0.322 e. The smallest absolute Gasteiger partial charge is 0.255 e. The molecular weight excluding hydrogens is 411 g/mol. The van der Waals surface area contributed by atoms with Gasteiger partial charge in [-0.1, -0.05) is 37.3 Å². The van der Waals surface area contributed by atoms with Crippen molar-refractivity contribution in [2.75, 3.05) is 16.0 Å². The van der Waals surface area contributed by atoms with Gasteiger partial charge in [-0.3, -0.25) is 14.5 Å². The molecule has 0 radical (unpaired) electrons. The number of hydrogen-bond donors (Lipinski definition) is 1. The second-order valence-electron chi connectivity index (χ2n) is 7.49. The average molecular weight is 435 g/mol. The Hall–Kier alpha value is -3.12. The van der Waals surface area contributed by atoms with Crippen molar-refractivity contribution in [2.45, 2.75) is 25.6 Å². The first-order chi connectivity index (χ1) is 15.0. The lowest BCUT2D eigenvalue weighted by molar-refractivity contribution is -0.115. The quantitative estimate of drug-likeness (QED) is 0.558. The minimum absolute atomic E-state index is 0.0660. The molecule has 3 aromatic carbocycles. The number of benzene rings is 3. The van der Waals surface area contributed by atoms with Crippen LogP contribution in [0.25, 0.3) is 0 Å². The minimum Gasteiger partial charge on any atom is -0.322 e. The Morgan fingerprint density at radius 1 is 1.13 bits per heavy atom. The van der Waals surface area contributed by atoms with Crippen molar-refractivity contribution < 1.29 is 14.0 Å². The SMILES string of the molecule is CCc1ccc(C(=O)Nc2cccc([C@H]3SCC(=O)N3c3ccc(C)c(F)c3)c2)cc1. The topological polar surface area (TPSA) is 49.4 Å². The van der Waals surface area contributed by atoms with Gasteiger partial charge in [0.15, 0.2) is 0 Å². The van der Waals surface area contributed by atoms with Crippen molar-refractivity contribution in [3.8, 4) is 0 Å². The fourth-order valence-electron chi connectivity index (χ4n) is 3.55. The highest BCUT2D eigenvalue weighted by Gasteiger charge is 2.34. The van der Waals surface area contributed by atoms with E-state index in [0.717, 1.165) is 12.0 Å². The fourth-order valence-corrected chi connectivity index (χ4v) is 4.71. The molecule has 1 N–H and O–H groups in total. The van der Waals surface area contributed by atoms with Gasteiger partial charge in [0.2, 0.25) is 5.91 Å². The summed E-state index contributed by atoms with van der Waals surface area (Å²) in [4.78, 5) is 26.8. The van der Waals surface area contributed by atoms with Crippen LogP contribution in [0.1, 0.15) is 39.3 Å². The minimum atomic E-state index is -0.337. The molecule has 4 rings (SSSR count). The molecule has 1 aliphatic heterocycles. The second kappa shape index (κ2) is 8.94. The first-order valence-electron chi connectivity index (χ1n) is 10.2. The molecule has 1 saturated heterocycles. The standard InChI is InChI=1S/C25H23FN2O2S/c1-3-17-8-10-18(11-9-17)24(30)27-20-6-4-5-19(13-20)25-28(23(29)15-31-25)21-12-7-16(2)22(26)14-21/h4-14,25H,3,15H2,1-2H3,(H,27,30)/t25-/m1/s1. The second-order valence-corrected chi connectivity index (χ2v) is 8.56. The molecule has 0 spiro atoms. The zero-order chi connectivity index (χ0) is 22.0. The van der Waals surface area contributed by atoms with Gasteiger partial charge in [-0.05, 0) is 66.4 Å². The van der Waals surface area contributed by atoms with Crippen molar-refractivity contribution in [3.63, 3.8) is 0 Å². The van der Waals surface area contributed by atoms with Crippen molar-refractivity contribution in [3.05, 3.63) is 94.8 Å². The number of carbonyl (C=O) groups excluding carboxylic acids is 2. The number of carbonyl (C=O) groups is 2. The van der Waals surface area contributed by atoms with Gasteiger partial charge in [0, 0.05) is 16.9 Å². The summed E-state index contributed by atoms with van der Waals surface area (Å²) in [5.74, 6) is -0.271. The zero-order valence-corrected chi connectivity index (χ0v) is 18.2. The molecule has 158 valence electrons. The van der Waals surface area contributed by atoms with Crippen LogP contribution < -0.4 is 10.2 Å². The van der Waals surface area contributed by atoms with Crippen LogP contribution in [0, 0.1) is 12.7 Å². The number of amides is 2. The molecule has 4 nitrogen and oxygen atoms in total. The zero-order valence-electron chi connectivity index (χ0n) is 17.4. The van der Waals surface area contributed by atoms with Crippen molar-refractivity contribution in [1.29, 1.82) is 0 Å². The fraction of sp³-hybridized carbons (Fsp3) is 0.200. The van der Waals surface area contributed by atoms with Crippen LogP contribution in [0.3, 0.4) is 0 Å². The first-order valence-corrected chi connectivity index (χ1v) is 11.2. The van der Waals surface area contributed by atoms with Gasteiger partial charge in [-0.2, -0.15) is 0 Å². The molecular formula is C25H23FN2O2S. The Morgan fingerprint density at radius 2 is 1.90 bits per heavy atom. The van der Waals surface area contributed by atoms with Crippen LogP contribution in [-0.4, -0.2) is 17.6 Å². The van der Waals surface area contributed by atoms with E-state index in [0.29, 0.717) is 28.3 Å². The van der Waals surface area contributed by atoms with Gasteiger partial charge in [-0.25, -0.2) is 4.39 Å². The molecule has 0 aliphatic carbocycles. The Morgan fingerprint density at radius 3 is 2.61 bits per heavy atom. The Kier molecular flexibility index (Phi) is 6.09. The van der Waals surface area contributed by atoms with E-state index in [-0.39, 0.29) is 23.0 Å². The molecule has 1 atom stereocenters. The Labute approximate surface area is 185 Å². The number of hydrogen-bond acceptors (Lipinski definition) is 3. The maximum absolute atomic E-state index is 14.1. The number of rotatable bonds is 5. The summed E-state index contributed by atoms with van der Waals surface area (Å²) in [5, 5.41) is 2.65. The number of aryl methyl sites for hydroxylation is 2. The molecule has 1 heterocycles. The summed E-state index contributed by atoms with van der Waals surface area (Å²) in [7, 11) is 0. The number of nitrogens with zero attached hydrogens (tertiary/aromatic N) is 1. The molecule has 2 amide bonds. The highest BCUT2D eigenvalue weighted by molar-refractivity contribution is 8.00. The maximum atomic E-state index is 14.1. The molecule has 0 aromatic heterocycles. The molecule has 0 unspecified atom stereocenters. The van der Waals surface area contributed by atoms with Crippen LogP contribution in [0.4, 0.5) is 15.8 Å². The van der Waals surface area contributed by atoms with E-state index in [9.17, 15) is 14.0 Å². The molecule has 0 saturated carbocycles. The highest BCUT2D eigenvalue weighted by atomic mass is 32.2. The molecule has 1 fully saturated rings. The third-order valence-corrected chi connectivity index (χ3v) is 6.57. The molecule has 1 aliphatic rings. The van der Waals surface area contributed by atoms with E-state index >= 15 is 0 Å². The van der Waals surface area contributed by atoms with Crippen LogP contribution in [0.5, 0.6) is 0 Å². The van der Waals surface area contributed by atoms with E-state index in [2.05, 4.69) is 12.2 Å². The summed E-state index contributed by atoms with van der Waals surface area (Å²) in [5.41, 5.74) is 4.36. The third kappa shape index (κ3) is 4.49. The predicted octanol–water partition coefficient (Wildman–Crippen LogP) is 5.73. The number of nitrogens with one attached hydrogen (secondary N) is 1. The summed E-state index contributed by atoms with van der Waals surface area (Å²) >= 11 is 1.49. The molecule has 3 aromatic rings. The van der Waals surface area contributed by atoms with Crippen LogP contribution in [0.15, 0.2) is 66.7 Å². The summed E-state index contributed by atoms with van der Waals surface area (Å²) in [6, 6.07) is 19.8. The number of halogens is 1. The van der Waals surface area contributed by atoms with Crippen LogP contribution >= 0.6 is 11.8 Å². The Balaban J connectivity index is 1.57. The highest BCUT2D eigenvalue weighted by Crippen LogP contribution is 2.42. The van der Waals surface area contributed by atoms with E-state index in [1.807, 2.05) is 48.5 Å². The number of thioether (sulfide) groups is 1. The van der Waals surface area contributed by atoms with Gasteiger partial charge >= 0.3 is 0 Å². The van der Waals surface area contributed by atoms with Gasteiger partial charge in [0.25, 0.3) is 5.91 Å². The van der Waals surface area contributed by atoms with E-state index < -0.39 is 0 Å². The van der Waals surface area contributed by atoms with Crippen molar-refractivity contribution >= 4 is 35.0 Å². The van der Waals surface area contributed by atoms with Gasteiger partial charge in [0.05, 0.1) is 5.75 Å². The average Bonchev–Trinajstić information content (AvgIpc) is 3.17. The molecule has 31 heavy (non-hydrogen) atoms. The first kappa shape index (κ1) is 21.1. The predicted molar refractivity (Wildman–Crippen MR) is 124 cm³/mol. The lowest BCUT2D eigenvalue weighted by Crippen LogP contribution is -2.28. The summed E-state index contributed by atoms with van der Waals surface area (Å²) in [6.07, 6.45) is 0.920. The van der Waals surface area contributed by atoms with Crippen molar-refractivity contribution in [2.24, 2.45) is 0 Å². The third-order valence-electron chi connectivity index (χ3n) is 5.36. The molecule has 0 bridgehead atoms. The van der Waals surface area contributed by atoms with E-state index in [1.165, 1.54) is 23.4 Å². The van der Waals surface area contributed by atoms with E-state index in [4.69, 9.17) is 0 Å². The van der Waals surface area contributed by atoms with E-state index in [1.54, 1.807) is 24.0 Å². The maximum Gasteiger partial charge on any atom is 0.255 e. The lowest BCUT2D eigenvalue weighted by atomic mass is 10.1. The molecule has 6 heteroatoms. The monoisotopic (exact) mass is 434 g/mol. The summed E-state index contributed by atoms with van der Waals surface area (Å²) < 4.78 is 14.1. The van der Waals surface area contributed by atoms with Crippen molar-refractivity contribution in [1.82, 2.24) is 0 Å². The van der Waals surface area contributed by atoms with Gasteiger partial charge in [-0.15, -0.1) is 11.8 Å². The van der Waals surface area contributed by atoms with Crippen LogP contribution in [-0.2, 0) is 11.2 Å². The normalized spacial score (nSPS) is 15.9. The lowest BCUT2D eigenvalue weighted by Gasteiger charge is -2.25. The Bertz CT molecular complexity index is 1130.